The van der Waals surface area contributed by atoms with E-state index in [0.29, 0.717) is 11.6 Å². The molecule has 0 atom stereocenters. The molecule has 1 aromatic heterocycles. The van der Waals surface area contributed by atoms with Crippen LogP contribution >= 0.6 is 11.3 Å². The Labute approximate surface area is 96.4 Å². The average molecular weight is 241 g/mol. The number of aromatic carboxylic acids is 1. The number of thiazole rings is 1. The fraction of sp³-hybridized carbons (Fsp3) is 0.300. The number of carboxylic acid groups (broad SMARTS) is 1. The first-order chi connectivity index (χ1) is 7.63. The molecule has 0 radical (unpaired) electrons. The number of rotatable bonds is 5. The van der Waals surface area contributed by atoms with Gasteiger partial charge in [0.15, 0.2) is 0 Å². The van der Waals surface area contributed by atoms with E-state index in [4.69, 9.17) is 9.84 Å². The van der Waals surface area contributed by atoms with Gasteiger partial charge in [0.2, 0.25) is 0 Å². The van der Waals surface area contributed by atoms with Gasteiger partial charge in [-0.15, -0.1) is 11.3 Å². The van der Waals surface area contributed by atoms with E-state index in [9.17, 15) is 9.59 Å². The first-order valence-corrected chi connectivity index (χ1v) is 5.46. The summed E-state index contributed by atoms with van der Waals surface area (Å²) in [6, 6.07) is 0. The monoisotopic (exact) mass is 241 g/mol. The fourth-order valence-corrected chi connectivity index (χ4v) is 1.63. The standard InChI is InChI=1S/C10H11NO4S/c1-2-15-9(12)5-3-4-8-11-6-7(16-8)10(13)14/h3-4,6H,2,5H2,1H3,(H,13,14). The van der Waals surface area contributed by atoms with Gasteiger partial charge in [-0.05, 0) is 13.0 Å². The van der Waals surface area contributed by atoms with Crippen molar-refractivity contribution in [2.24, 2.45) is 0 Å². The summed E-state index contributed by atoms with van der Waals surface area (Å²) in [6.07, 6.45) is 4.66. The number of carboxylic acids is 1. The van der Waals surface area contributed by atoms with E-state index in [1.165, 1.54) is 6.20 Å². The van der Waals surface area contributed by atoms with Crippen molar-refractivity contribution in [3.63, 3.8) is 0 Å². The lowest BCUT2D eigenvalue weighted by atomic mass is 10.4. The van der Waals surface area contributed by atoms with Crippen molar-refractivity contribution < 1.29 is 19.4 Å². The van der Waals surface area contributed by atoms with Crippen LogP contribution in [0.15, 0.2) is 12.3 Å². The van der Waals surface area contributed by atoms with Crippen molar-refractivity contribution in [1.29, 1.82) is 0 Å². The number of aromatic nitrogens is 1. The second-order valence-corrected chi connectivity index (χ2v) is 3.84. The molecule has 0 aliphatic rings. The van der Waals surface area contributed by atoms with E-state index < -0.39 is 5.97 Å². The third-order valence-electron chi connectivity index (χ3n) is 1.58. The van der Waals surface area contributed by atoms with Crippen molar-refractivity contribution in [2.45, 2.75) is 13.3 Å². The molecule has 0 fully saturated rings. The summed E-state index contributed by atoms with van der Waals surface area (Å²) in [4.78, 5) is 25.6. The average Bonchev–Trinajstić information content (AvgIpc) is 2.67. The highest BCUT2D eigenvalue weighted by atomic mass is 32.1. The Balaban J connectivity index is 2.50. The third kappa shape index (κ3) is 3.82. The van der Waals surface area contributed by atoms with Crippen molar-refractivity contribution in [1.82, 2.24) is 4.98 Å². The van der Waals surface area contributed by atoms with Crippen molar-refractivity contribution in [3.8, 4) is 0 Å². The second-order valence-electron chi connectivity index (χ2n) is 2.78. The maximum Gasteiger partial charge on any atom is 0.347 e. The molecule has 0 aromatic carbocycles. The minimum absolute atomic E-state index is 0.163. The lowest BCUT2D eigenvalue weighted by molar-refractivity contribution is -0.142. The summed E-state index contributed by atoms with van der Waals surface area (Å²) in [7, 11) is 0. The molecule has 0 bridgehead atoms. The Morgan fingerprint density at radius 3 is 2.94 bits per heavy atom. The Bertz CT molecular complexity index is 411. The topological polar surface area (TPSA) is 76.5 Å². The number of carbonyl (C=O) groups excluding carboxylic acids is 1. The molecule has 0 amide bonds. The summed E-state index contributed by atoms with van der Waals surface area (Å²) >= 11 is 1.06. The van der Waals surface area contributed by atoms with Crippen LogP contribution in [-0.2, 0) is 9.53 Å². The highest BCUT2D eigenvalue weighted by molar-refractivity contribution is 7.14. The van der Waals surface area contributed by atoms with Crippen LogP contribution < -0.4 is 0 Å². The molecule has 6 heteroatoms. The summed E-state index contributed by atoms with van der Waals surface area (Å²) in [5.74, 6) is -1.31. The van der Waals surface area contributed by atoms with Gasteiger partial charge in [-0.3, -0.25) is 4.79 Å². The summed E-state index contributed by atoms with van der Waals surface area (Å²) in [6.45, 7) is 2.09. The number of hydrogen-bond acceptors (Lipinski definition) is 5. The number of ether oxygens (including phenoxy) is 1. The van der Waals surface area contributed by atoms with Crippen molar-refractivity contribution in [2.75, 3.05) is 6.61 Å². The summed E-state index contributed by atoms with van der Waals surface area (Å²) < 4.78 is 4.72. The zero-order valence-corrected chi connectivity index (χ0v) is 9.49. The Hall–Kier alpha value is -1.69. The van der Waals surface area contributed by atoms with Crippen LogP contribution in [0, 0.1) is 0 Å². The van der Waals surface area contributed by atoms with Gasteiger partial charge in [0.1, 0.15) is 9.88 Å². The minimum Gasteiger partial charge on any atom is -0.477 e. The van der Waals surface area contributed by atoms with Crippen molar-refractivity contribution >= 4 is 29.4 Å². The largest absolute Gasteiger partial charge is 0.477 e. The number of nitrogens with zero attached hydrogens (tertiary/aromatic N) is 1. The zero-order valence-electron chi connectivity index (χ0n) is 8.67. The summed E-state index contributed by atoms with van der Waals surface area (Å²) in [5.41, 5.74) is 0. The van der Waals surface area contributed by atoms with Gasteiger partial charge < -0.3 is 9.84 Å². The van der Waals surface area contributed by atoms with Gasteiger partial charge in [-0.1, -0.05) is 6.08 Å². The van der Waals surface area contributed by atoms with Gasteiger partial charge in [0.25, 0.3) is 0 Å². The molecule has 1 N–H and O–H groups in total. The van der Waals surface area contributed by atoms with E-state index in [1.54, 1.807) is 19.1 Å². The second kappa shape index (κ2) is 6.02. The maximum atomic E-state index is 11.0. The first-order valence-electron chi connectivity index (χ1n) is 4.64. The van der Waals surface area contributed by atoms with Crippen LogP contribution in [0.1, 0.15) is 28.0 Å². The predicted molar refractivity (Wildman–Crippen MR) is 59.4 cm³/mol. The lowest BCUT2D eigenvalue weighted by Crippen LogP contribution is -2.01. The van der Waals surface area contributed by atoms with Crippen LogP contribution in [-0.4, -0.2) is 28.6 Å². The summed E-state index contributed by atoms with van der Waals surface area (Å²) in [5, 5.41) is 9.21. The maximum absolute atomic E-state index is 11.0. The Kier molecular flexibility index (Phi) is 4.65. The quantitative estimate of drug-likeness (QED) is 0.795. The Morgan fingerprint density at radius 1 is 1.62 bits per heavy atom. The van der Waals surface area contributed by atoms with E-state index in [1.807, 2.05) is 0 Å². The molecule has 1 aromatic rings. The minimum atomic E-state index is -0.998. The van der Waals surface area contributed by atoms with Crippen LogP contribution in [0.3, 0.4) is 0 Å². The molecule has 0 aliphatic heterocycles. The van der Waals surface area contributed by atoms with Crippen LogP contribution in [0.5, 0.6) is 0 Å². The highest BCUT2D eigenvalue weighted by Gasteiger charge is 2.06. The molecule has 0 aliphatic carbocycles. The molecular formula is C10H11NO4S. The van der Waals surface area contributed by atoms with Gasteiger partial charge >= 0.3 is 11.9 Å². The molecule has 0 saturated carbocycles. The van der Waals surface area contributed by atoms with Crippen LogP contribution in [0.2, 0.25) is 0 Å². The normalized spacial score (nSPS) is 10.6. The molecule has 16 heavy (non-hydrogen) atoms. The van der Waals surface area contributed by atoms with E-state index in [0.717, 1.165) is 11.3 Å². The lowest BCUT2D eigenvalue weighted by Gasteiger charge is -1.95. The van der Waals surface area contributed by atoms with E-state index in [2.05, 4.69) is 4.98 Å². The van der Waals surface area contributed by atoms with Crippen LogP contribution in [0.4, 0.5) is 0 Å². The highest BCUT2D eigenvalue weighted by Crippen LogP contribution is 2.14. The number of hydrogen-bond donors (Lipinski definition) is 1. The zero-order chi connectivity index (χ0) is 12.0. The molecule has 1 heterocycles. The molecule has 1 rings (SSSR count). The molecule has 5 nitrogen and oxygen atoms in total. The smallest absolute Gasteiger partial charge is 0.347 e. The van der Waals surface area contributed by atoms with Gasteiger partial charge in [0, 0.05) is 0 Å². The van der Waals surface area contributed by atoms with Crippen LogP contribution in [0.25, 0.3) is 6.08 Å². The molecule has 86 valence electrons. The number of carbonyl (C=O) groups is 2. The molecule has 0 saturated heterocycles. The predicted octanol–water partition coefficient (Wildman–Crippen LogP) is 1.81. The Morgan fingerprint density at radius 2 is 2.38 bits per heavy atom. The third-order valence-corrected chi connectivity index (χ3v) is 2.54. The van der Waals surface area contributed by atoms with Crippen molar-refractivity contribution in [3.05, 3.63) is 22.2 Å². The number of esters is 1. The van der Waals surface area contributed by atoms with E-state index >= 15 is 0 Å². The van der Waals surface area contributed by atoms with E-state index in [-0.39, 0.29) is 17.3 Å². The molecular weight excluding hydrogens is 230 g/mol. The first kappa shape index (κ1) is 12.4. The molecule has 0 spiro atoms. The fourth-order valence-electron chi connectivity index (χ4n) is 0.939. The van der Waals surface area contributed by atoms with Gasteiger partial charge in [-0.25, -0.2) is 9.78 Å². The SMILES string of the molecule is CCOC(=O)CC=Cc1ncc(C(=O)O)s1. The van der Waals surface area contributed by atoms with Gasteiger partial charge in [-0.2, -0.15) is 0 Å². The van der Waals surface area contributed by atoms with Gasteiger partial charge in [0.05, 0.1) is 19.2 Å². The molecule has 0 unspecified atom stereocenters.